The summed E-state index contributed by atoms with van der Waals surface area (Å²) in [5, 5.41) is 11.1. The summed E-state index contributed by atoms with van der Waals surface area (Å²) in [5.74, 6) is 0.627. The molecule has 2 amide bonds. The lowest BCUT2D eigenvalue weighted by Gasteiger charge is -2.40. The summed E-state index contributed by atoms with van der Waals surface area (Å²) < 4.78 is 13.3. The Morgan fingerprint density at radius 2 is 1.68 bits per heavy atom. The minimum atomic E-state index is -0.562. The average molecular weight is 553 g/mol. The highest BCUT2D eigenvalue weighted by molar-refractivity contribution is 6.03. The van der Waals surface area contributed by atoms with Crippen LogP contribution in [0.1, 0.15) is 40.5 Å². The van der Waals surface area contributed by atoms with Gasteiger partial charge in [0, 0.05) is 35.5 Å². The van der Waals surface area contributed by atoms with Crippen molar-refractivity contribution >= 4 is 23.2 Å². The SMILES string of the molecule is COc1ccc(OC)c(C2c3cccn3-c3ccccc3N2C(=O)CN(C(=O)c2ccc([N+](=O)[O-])cc2)C2CC2)c1. The van der Waals surface area contributed by atoms with Crippen LogP contribution >= 0.6 is 0 Å². The summed E-state index contributed by atoms with van der Waals surface area (Å²) in [6.45, 7) is -0.154. The number of hydrogen-bond acceptors (Lipinski definition) is 6. The zero-order valence-electron chi connectivity index (χ0n) is 22.6. The number of non-ortho nitro benzene ring substituents is 1. The Balaban J connectivity index is 1.42. The molecule has 1 saturated carbocycles. The van der Waals surface area contributed by atoms with E-state index in [2.05, 4.69) is 4.57 Å². The summed E-state index contributed by atoms with van der Waals surface area (Å²) in [7, 11) is 3.18. The van der Waals surface area contributed by atoms with Gasteiger partial charge in [-0.15, -0.1) is 0 Å². The van der Waals surface area contributed by atoms with Crippen LogP contribution in [0.3, 0.4) is 0 Å². The number of benzene rings is 3. The van der Waals surface area contributed by atoms with Gasteiger partial charge in [0.2, 0.25) is 5.91 Å². The quantitative estimate of drug-likeness (QED) is 0.221. The predicted molar refractivity (Wildman–Crippen MR) is 152 cm³/mol. The van der Waals surface area contributed by atoms with Gasteiger partial charge in [-0.3, -0.25) is 24.6 Å². The molecule has 1 aromatic heterocycles. The van der Waals surface area contributed by atoms with E-state index in [1.807, 2.05) is 60.8 Å². The fourth-order valence-corrected chi connectivity index (χ4v) is 5.48. The maximum atomic E-state index is 14.4. The number of rotatable bonds is 8. The molecular weight excluding hydrogens is 524 g/mol. The Labute approximate surface area is 236 Å². The number of nitrogens with zero attached hydrogens (tertiary/aromatic N) is 4. The van der Waals surface area contributed by atoms with Gasteiger partial charge in [0.1, 0.15) is 24.1 Å². The first-order chi connectivity index (χ1) is 19.9. The maximum Gasteiger partial charge on any atom is 0.269 e. The van der Waals surface area contributed by atoms with Crippen molar-refractivity contribution in [1.82, 2.24) is 9.47 Å². The van der Waals surface area contributed by atoms with Crippen molar-refractivity contribution in [3.05, 3.63) is 112 Å². The van der Waals surface area contributed by atoms with Crippen LogP contribution in [0.4, 0.5) is 11.4 Å². The Bertz CT molecular complexity index is 1640. The van der Waals surface area contributed by atoms with Crippen molar-refractivity contribution in [1.29, 1.82) is 0 Å². The molecule has 208 valence electrons. The number of carbonyl (C=O) groups is 2. The lowest BCUT2D eigenvalue weighted by Crippen LogP contribution is -2.47. The van der Waals surface area contributed by atoms with E-state index in [0.717, 1.165) is 29.8 Å². The second-order valence-corrected chi connectivity index (χ2v) is 10.0. The molecule has 0 bridgehead atoms. The summed E-state index contributed by atoms with van der Waals surface area (Å²) in [5.41, 5.74) is 3.36. The van der Waals surface area contributed by atoms with Crippen LogP contribution < -0.4 is 14.4 Å². The standard InChI is InChI=1S/C31H28N4O6/c1-40-23-15-16-28(41-2)24(18-23)30-27-8-5-17-32(27)25-6-3-4-7-26(25)34(30)29(36)19-33(21-13-14-21)31(37)20-9-11-22(12-10-20)35(38)39/h3-12,15-18,21,30H,13-14,19H2,1-2H3. The molecule has 41 heavy (non-hydrogen) atoms. The van der Waals surface area contributed by atoms with E-state index in [1.165, 1.54) is 24.3 Å². The van der Waals surface area contributed by atoms with E-state index >= 15 is 0 Å². The molecule has 0 saturated heterocycles. The number of aromatic nitrogens is 1. The van der Waals surface area contributed by atoms with Crippen LogP contribution in [0.15, 0.2) is 85.1 Å². The number of anilines is 1. The number of carbonyl (C=O) groups excluding carboxylic acids is 2. The van der Waals surface area contributed by atoms with Gasteiger partial charge < -0.3 is 18.9 Å². The van der Waals surface area contributed by atoms with Gasteiger partial charge in [0.05, 0.1) is 36.2 Å². The van der Waals surface area contributed by atoms with Gasteiger partial charge in [0.25, 0.3) is 11.6 Å². The van der Waals surface area contributed by atoms with E-state index in [1.54, 1.807) is 24.0 Å². The second-order valence-electron chi connectivity index (χ2n) is 10.0. The maximum absolute atomic E-state index is 14.4. The molecule has 2 heterocycles. The van der Waals surface area contributed by atoms with Crippen molar-refractivity contribution in [2.75, 3.05) is 25.7 Å². The molecule has 6 rings (SSSR count). The molecule has 1 aliphatic carbocycles. The van der Waals surface area contributed by atoms with Crippen LogP contribution in [-0.4, -0.2) is 53.0 Å². The number of hydrogen-bond donors (Lipinski definition) is 0. The van der Waals surface area contributed by atoms with Gasteiger partial charge in [0.15, 0.2) is 0 Å². The predicted octanol–water partition coefficient (Wildman–Crippen LogP) is 5.14. The van der Waals surface area contributed by atoms with E-state index < -0.39 is 11.0 Å². The molecule has 1 aliphatic heterocycles. The minimum Gasteiger partial charge on any atom is -0.497 e. The molecule has 4 aromatic rings. The molecule has 3 aromatic carbocycles. The van der Waals surface area contributed by atoms with E-state index in [-0.39, 0.29) is 30.1 Å². The number of fused-ring (bicyclic) bond motifs is 3. The first-order valence-corrected chi connectivity index (χ1v) is 13.3. The third kappa shape index (κ3) is 4.67. The monoisotopic (exact) mass is 552 g/mol. The van der Waals surface area contributed by atoms with Crippen LogP contribution in [0.5, 0.6) is 11.5 Å². The molecule has 0 radical (unpaired) electrons. The molecule has 10 nitrogen and oxygen atoms in total. The molecule has 2 aliphatic rings. The van der Waals surface area contributed by atoms with Crippen molar-refractivity contribution in [3.63, 3.8) is 0 Å². The zero-order valence-corrected chi connectivity index (χ0v) is 22.6. The molecule has 1 fully saturated rings. The number of nitro benzene ring substituents is 1. The van der Waals surface area contributed by atoms with Gasteiger partial charge in [-0.05, 0) is 67.4 Å². The molecule has 0 spiro atoms. The van der Waals surface area contributed by atoms with Crippen molar-refractivity contribution in [3.8, 4) is 17.2 Å². The third-order valence-corrected chi connectivity index (χ3v) is 7.60. The number of amides is 2. The fraction of sp³-hybridized carbons (Fsp3) is 0.226. The number of methoxy groups -OCH3 is 2. The molecule has 1 atom stereocenters. The van der Waals surface area contributed by atoms with E-state index in [9.17, 15) is 19.7 Å². The van der Waals surface area contributed by atoms with Crippen LogP contribution in [-0.2, 0) is 4.79 Å². The summed E-state index contributed by atoms with van der Waals surface area (Å²) in [6.07, 6.45) is 3.54. The number of ether oxygens (including phenoxy) is 2. The van der Waals surface area contributed by atoms with Gasteiger partial charge >= 0.3 is 0 Å². The number of para-hydroxylation sites is 2. The van der Waals surface area contributed by atoms with Gasteiger partial charge in [-0.1, -0.05) is 12.1 Å². The molecular formula is C31H28N4O6. The fourth-order valence-electron chi connectivity index (χ4n) is 5.48. The highest BCUT2D eigenvalue weighted by atomic mass is 16.6. The Morgan fingerprint density at radius 1 is 0.951 bits per heavy atom. The lowest BCUT2D eigenvalue weighted by molar-refractivity contribution is -0.384. The van der Waals surface area contributed by atoms with Crippen molar-refractivity contribution < 1.29 is 24.0 Å². The minimum absolute atomic E-state index is 0.0738. The van der Waals surface area contributed by atoms with Crippen molar-refractivity contribution in [2.45, 2.75) is 24.9 Å². The Morgan fingerprint density at radius 3 is 2.34 bits per heavy atom. The molecule has 1 unspecified atom stereocenters. The lowest BCUT2D eigenvalue weighted by atomic mass is 9.96. The number of nitro groups is 1. The van der Waals surface area contributed by atoms with Crippen LogP contribution in [0.25, 0.3) is 5.69 Å². The zero-order chi connectivity index (χ0) is 28.7. The first-order valence-electron chi connectivity index (χ1n) is 13.3. The van der Waals surface area contributed by atoms with Crippen LogP contribution in [0, 0.1) is 10.1 Å². The summed E-state index contributed by atoms with van der Waals surface area (Å²) in [4.78, 5) is 41.9. The smallest absolute Gasteiger partial charge is 0.269 e. The highest BCUT2D eigenvalue weighted by Gasteiger charge is 2.41. The first kappa shape index (κ1) is 26.1. The third-order valence-electron chi connectivity index (χ3n) is 7.60. The molecule has 0 N–H and O–H groups in total. The average Bonchev–Trinajstić information content (AvgIpc) is 3.73. The molecule has 10 heteroatoms. The van der Waals surface area contributed by atoms with E-state index in [4.69, 9.17) is 9.47 Å². The Kier molecular flexibility index (Phi) is 6.66. The summed E-state index contributed by atoms with van der Waals surface area (Å²) in [6, 6.07) is 21.9. The van der Waals surface area contributed by atoms with Crippen LogP contribution in [0.2, 0.25) is 0 Å². The normalized spacial score (nSPS) is 15.5. The highest BCUT2D eigenvalue weighted by Crippen LogP contribution is 2.45. The van der Waals surface area contributed by atoms with E-state index in [0.29, 0.717) is 22.7 Å². The Hall–Kier alpha value is -5.12. The van der Waals surface area contributed by atoms with Gasteiger partial charge in [-0.25, -0.2) is 0 Å². The van der Waals surface area contributed by atoms with Gasteiger partial charge in [-0.2, -0.15) is 0 Å². The second kappa shape index (κ2) is 10.5. The summed E-state index contributed by atoms with van der Waals surface area (Å²) >= 11 is 0. The largest absolute Gasteiger partial charge is 0.497 e. The topological polar surface area (TPSA) is 107 Å². The van der Waals surface area contributed by atoms with Crippen molar-refractivity contribution in [2.24, 2.45) is 0 Å².